The first kappa shape index (κ1) is 21.9. The van der Waals surface area contributed by atoms with Gasteiger partial charge in [-0.15, -0.1) is 5.10 Å². The summed E-state index contributed by atoms with van der Waals surface area (Å²) in [6.45, 7) is 5.27. The highest BCUT2D eigenvalue weighted by Crippen LogP contribution is 2.26. The van der Waals surface area contributed by atoms with Gasteiger partial charge < -0.3 is 14.4 Å². The fourth-order valence-corrected chi connectivity index (χ4v) is 4.44. The highest BCUT2D eigenvalue weighted by Gasteiger charge is 2.32. The van der Waals surface area contributed by atoms with Crippen LogP contribution in [0.15, 0.2) is 24.3 Å². The van der Waals surface area contributed by atoms with Crippen LogP contribution in [0.5, 0.6) is 5.75 Å². The molecule has 32 heavy (non-hydrogen) atoms. The van der Waals surface area contributed by atoms with Crippen LogP contribution in [0.2, 0.25) is 0 Å². The number of aryl methyl sites for hydroxylation is 3. The zero-order valence-electron chi connectivity index (χ0n) is 18.3. The minimum atomic E-state index is -0.461. The van der Waals surface area contributed by atoms with Gasteiger partial charge in [-0.05, 0) is 49.5 Å². The SMILES string of the molecule is CCOC(=O)c1nn(CCc2ccc(OC)cc2)c2c1CN(C(=O)c1snnc1C)CC2. The van der Waals surface area contributed by atoms with Gasteiger partial charge in [-0.2, -0.15) is 5.10 Å². The van der Waals surface area contributed by atoms with E-state index in [2.05, 4.69) is 14.7 Å². The van der Waals surface area contributed by atoms with Gasteiger partial charge in [0.2, 0.25) is 0 Å². The molecule has 3 aromatic rings. The summed E-state index contributed by atoms with van der Waals surface area (Å²) in [6, 6.07) is 7.90. The third-order valence-corrected chi connectivity index (χ3v) is 6.32. The molecule has 3 heterocycles. The molecule has 1 aromatic carbocycles. The number of esters is 1. The van der Waals surface area contributed by atoms with E-state index in [0.717, 1.165) is 40.5 Å². The van der Waals surface area contributed by atoms with E-state index >= 15 is 0 Å². The van der Waals surface area contributed by atoms with Crippen molar-refractivity contribution in [2.45, 2.75) is 39.8 Å². The summed E-state index contributed by atoms with van der Waals surface area (Å²) in [6.07, 6.45) is 1.37. The molecule has 0 fully saturated rings. The van der Waals surface area contributed by atoms with Gasteiger partial charge in [-0.25, -0.2) is 4.79 Å². The molecule has 0 atom stereocenters. The quantitative estimate of drug-likeness (QED) is 0.505. The predicted octanol–water partition coefficient (Wildman–Crippen LogP) is 2.67. The van der Waals surface area contributed by atoms with Crippen LogP contribution >= 0.6 is 11.5 Å². The summed E-state index contributed by atoms with van der Waals surface area (Å²) in [7, 11) is 1.64. The molecule has 9 nitrogen and oxygen atoms in total. The number of fused-ring (bicyclic) bond motifs is 1. The first-order chi connectivity index (χ1) is 15.5. The minimum absolute atomic E-state index is 0.121. The maximum atomic E-state index is 13.0. The lowest BCUT2D eigenvalue weighted by Gasteiger charge is -2.27. The first-order valence-electron chi connectivity index (χ1n) is 10.5. The highest BCUT2D eigenvalue weighted by molar-refractivity contribution is 7.07. The van der Waals surface area contributed by atoms with Gasteiger partial charge in [-0.3, -0.25) is 9.48 Å². The Hall–Kier alpha value is -3.27. The Balaban J connectivity index is 1.58. The highest BCUT2D eigenvalue weighted by atomic mass is 32.1. The summed E-state index contributed by atoms with van der Waals surface area (Å²) in [4.78, 5) is 27.8. The maximum Gasteiger partial charge on any atom is 0.359 e. The van der Waals surface area contributed by atoms with Crippen LogP contribution in [0, 0.1) is 6.92 Å². The molecule has 0 N–H and O–H groups in total. The van der Waals surface area contributed by atoms with Crippen LogP contribution in [0.25, 0.3) is 0 Å². The number of rotatable bonds is 7. The number of ether oxygens (including phenoxy) is 2. The van der Waals surface area contributed by atoms with E-state index in [9.17, 15) is 9.59 Å². The topological polar surface area (TPSA) is 99.4 Å². The molecule has 0 saturated heterocycles. The van der Waals surface area contributed by atoms with Gasteiger partial charge in [0.1, 0.15) is 10.6 Å². The molecule has 2 aromatic heterocycles. The number of hydrogen-bond donors (Lipinski definition) is 0. The molecule has 4 rings (SSSR count). The van der Waals surface area contributed by atoms with Gasteiger partial charge in [0.25, 0.3) is 5.91 Å². The second-order valence-corrected chi connectivity index (χ2v) is 8.23. The summed E-state index contributed by atoms with van der Waals surface area (Å²) in [5.41, 5.74) is 3.78. The maximum absolute atomic E-state index is 13.0. The van der Waals surface area contributed by atoms with Crippen LogP contribution in [-0.2, 0) is 30.7 Å². The lowest BCUT2D eigenvalue weighted by molar-refractivity contribution is 0.0513. The molecule has 0 radical (unpaired) electrons. The molecular weight excluding hydrogens is 430 g/mol. The first-order valence-corrected chi connectivity index (χ1v) is 11.3. The zero-order chi connectivity index (χ0) is 22.7. The number of benzene rings is 1. The van der Waals surface area contributed by atoms with Crippen LogP contribution in [-0.4, -0.2) is 56.4 Å². The number of methoxy groups -OCH3 is 1. The van der Waals surface area contributed by atoms with Crippen LogP contribution in [0.3, 0.4) is 0 Å². The molecule has 0 unspecified atom stereocenters. The molecule has 0 bridgehead atoms. The summed E-state index contributed by atoms with van der Waals surface area (Å²) in [5, 5.41) is 8.53. The Labute approximate surface area is 190 Å². The molecule has 168 valence electrons. The average molecular weight is 456 g/mol. The molecule has 1 aliphatic rings. The number of amides is 1. The average Bonchev–Trinajstić information content (AvgIpc) is 3.40. The largest absolute Gasteiger partial charge is 0.497 e. The van der Waals surface area contributed by atoms with E-state index in [4.69, 9.17) is 9.47 Å². The lowest BCUT2D eigenvalue weighted by atomic mass is 10.0. The number of carbonyl (C=O) groups is 2. The van der Waals surface area contributed by atoms with Crippen molar-refractivity contribution in [3.05, 3.63) is 57.4 Å². The number of carbonyl (C=O) groups excluding carboxylic acids is 2. The second-order valence-electron chi connectivity index (χ2n) is 7.48. The normalized spacial score (nSPS) is 13.0. The summed E-state index contributed by atoms with van der Waals surface area (Å²) >= 11 is 1.09. The Morgan fingerprint density at radius 2 is 2.00 bits per heavy atom. The minimum Gasteiger partial charge on any atom is -0.497 e. The summed E-state index contributed by atoms with van der Waals surface area (Å²) < 4.78 is 16.2. The van der Waals surface area contributed by atoms with E-state index in [1.54, 1.807) is 25.9 Å². The van der Waals surface area contributed by atoms with E-state index in [1.807, 2.05) is 28.9 Å². The number of aromatic nitrogens is 4. The van der Waals surface area contributed by atoms with Crippen LogP contribution in [0.4, 0.5) is 0 Å². The Morgan fingerprint density at radius 3 is 2.66 bits per heavy atom. The Morgan fingerprint density at radius 1 is 1.22 bits per heavy atom. The lowest BCUT2D eigenvalue weighted by Crippen LogP contribution is -2.36. The van der Waals surface area contributed by atoms with Crippen molar-refractivity contribution in [2.75, 3.05) is 20.3 Å². The standard InChI is InChI=1S/C22H25N5O4S/c1-4-31-22(29)19-17-13-26(21(28)20-14(2)23-25-32-20)11-10-18(17)27(24-19)12-9-15-5-7-16(30-3)8-6-15/h5-8H,4,9-13H2,1-3H3. The van der Waals surface area contributed by atoms with Gasteiger partial charge in [0.15, 0.2) is 5.69 Å². The van der Waals surface area contributed by atoms with Gasteiger partial charge in [-0.1, -0.05) is 16.6 Å². The molecule has 0 spiro atoms. The Bertz CT molecular complexity index is 1120. The molecule has 1 aliphatic heterocycles. The second kappa shape index (κ2) is 9.47. The van der Waals surface area contributed by atoms with Crippen LogP contribution in [0.1, 0.15) is 49.6 Å². The van der Waals surface area contributed by atoms with E-state index in [1.165, 1.54) is 0 Å². The van der Waals surface area contributed by atoms with E-state index in [0.29, 0.717) is 36.6 Å². The van der Waals surface area contributed by atoms with Gasteiger partial charge in [0.05, 0.1) is 26.0 Å². The van der Waals surface area contributed by atoms with Crippen LogP contribution < -0.4 is 4.74 Å². The molecular formula is C22H25N5O4S. The van der Waals surface area contributed by atoms with Crippen molar-refractivity contribution in [3.63, 3.8) is 0 Å². The van der Waals surface area contributed by atoms with E-state index in [-0.39, 0.29) is 18.2 Å². The molecule has 0 saturated carbocycles. The molecule has 10 heteroatoms. The van der Waals surface area contributed by atoms with Crippen molar-refractivity contribution in [3.8, 4) is 5.75 Å². The van der Waals surface area contributed by atoms with Gasteiger partial charge >= 0.3 is 5.97 Å². The number of nitrogens with zero attached hydrogens (tertiary/aromatic N) is 5. The number of hydrogen-bond acceptors (Lipinski definition) is 8. The van der Waals surface area contributed by atoms with Crippen molar-refractivity contribution < 1.29 is 19.1 Å². The Kier molecular flexibility index (Phi) is 6.50. The third kappa shape index (κ3) is 4.36. The van der Waals surface area contributed by atoms with Crippen molar-refractivity contribution in [1.29, 1.82) is 0 Å². The predicted molar refractivity (Wildman–Crippen MR) is 118 cm³/mol. The molecule has 1 amide bonds. The van der Waals surface area contributed by atoms with Crippen molar-refractivity contribution in [1.82, 2.24) is 24.3 Å². The smallest absolute Gasteiger partial charge is 0.359 e. The fourth-order valence-electron chi connectivity index (χ4n) is 3.81. The molecule has 0 aliphatic carbocycles. The third-order valence-electron chi connectivity index (χ3n) is 5.51. The monoisotopic (exact) mass is 455 g/mol. The fraction of sp³-hybridized carbons (Fsp3) is 0.409. The van der Waals surface area contributed by atoms with E-state index < -0.39 is 5.97 Å². The van der Waals surface area contributed by atoms with Crippen molar-refractivity contribution in [2.24, 2.45) is 0 Å². The zero-order valence-corrected chi connectivity index (χ0v) is 19.1. The summed E-state index contributed by atoms with van der Waals surface area (Å²) in [5.74, 6) is 0.228. The van der Waals surface area contributed by atoms with Crippen molar-refractivity contribution >= 4 is 23.4 Å². The van der Waals surface area contributed by atoms with Gasteiger partial charge in [0, 0.05) is 30.8 Å².